The van der Waals surface area contributed by atoms with E-state index in [9.17, 15) is 0 Å². The van der Waals surface area contributed by atoms with Gasteiger partial charge in [0.2, 0.25) is 0 Å². The Morgan fingerprint density at radius 1 is 1.04 bits per heavy atom. The van der Waals surface area contributed by atoms with Gasteiger partial charge in [-0.05, 0) is 87.1 Å². The van der Waals surface area contributed by atoms with Crippen molar-refractivity contribution in [3.8, 4) is 0 Å². The predicted molar refractivity (Wildman–Crippen MR) is 104 cm³/mol. The maximum absolute atomic E-state index is 2.80. The number of piperidine rings is 1. The zero-order chi connectivity index (χ0) is 18.2. The van der Waals surface area contributed by atoms with Gasteiger partial charge in [-0.15, -0.1) is 0 Å². The van der Waals surface area contributed by atoms with E-state index in [1.807, 2.05) is 0 Å². The Morgan fingerprint density at radius 2 is 1.52 bits per heavy atom. The lowest BCUT2D eigenvalue weighted by Gasteiger charge is -2.59. The van der Waals surface area contributed by atoms with Crippen molar-refractivity contribution < 1.29 is 0 Å². The maximum atomic E-state index is 2.80. The third-order valence-corrected chi connectivity index (χ3v) is 5.47. The van der Waals surface area contributed by atoms with Gasteiger partial charge in [0.25, 0.3) is 0 Å². The first-order chi connectivity index (χ1) is 10.2. The van der Waals surface area contributed by atoms with Gasteiger partial charge in [0, 0.05) is 28.7 Å². The van der Waals surface area contributed by atoms with Crippen LogP contribution in [0.5, 0.6) is 0 Å². The van der Waals surface area contributed by atoms with Crippen LogP contribution in [0.3, 0.4) is 0 Å². The molecule has 0 spiro atoms. The first-order valence-corrected chi connectivity index (χ1v) is 9.78. The number of likely N-dealkylation sites (tertiary alicyclic amines) is 1. The molecule has 0 aliphatic carbocycles. The second kappa shape index (κ2) is 7.04. The summed E-state index contributed by atoms with van der Waals surface area (Å²) in [5.74, 6) is 0.713. The van der Waals surface area contributed by atoms with Crippen LogP contribution in [-0.2, 0) is 0 Å². The lowest BCUT2D eigenvalue weighted by Crippen LogP contribution is -2.66. The molecular weight excluding hydrogens is 280 g/mol. The van der Waals surface area contributed by atoms with E-state index >= 15 is 0 Å². The summed E-state index contributed by atoms with van der Waals surface area (Å²) in [6, 6.07) is 1.35. The molecule has 0 radical (unpaired) electrons. The number of rotatable bonds is 4. The molecule has 0 amide bonds. The zero-order valence-corrected chi connectivity index (χ0v) is 18.0. The highest BCUT2D eigenvalue weighted by molar-refractivity contribution is 5.03. The standard InChI is InChI=1S/C21H44N2/c1-12-13-22-18(16(2)3)14-17(15-21(22,10)11)23(19(4,5)6)20(7,8)9/h16-18H,12-15H2,1-11H3. The van der Waals surface area contributed by atoms with E-state index in [4.69, 9.17) is 0 Å². The van der Waals surface area contributed by atoms with Crippen LogP contribution >= 0.6 is 0 Å². The highest BCUT2D eigenvalue weighted by Gasteiger charge is 2.47. The van der Waals surface area contributed by atoms with E-state index < -0.39 is 0 Å². The average molecular weight is 325 g/mol. The minimum absolute atomic E-state index is 0.202. The summed E-state index contributed by atoms with van der Waals surface area (Å²) in [4.78, 5) is 5.60. The Hall–Kier alpha value is -0.0800. The van der Waals surface area contributed by atoms with Crippen LogP contribution in [0, 0.1) is 5.92 Å². The van der Waals surface area contributed by atoms with Crippen molar-refractivity contribution in [2.75, 3.05) is 6.54 Å². The molecule has 2 heteroatoms. The first-order valence-electron chi connectivity index (χ1n) is 9.78. The molecule has 0 aromatic carbocycles. The fourth-order valence-electron chi connectivity index (χ4n) is 5.27. The molecule has 1 fully saturated rings. The summed E-state index contributed by atoms with van der Waals surface area (Å²) >= 11 is 0. The molecule has 1 heterocycles. The molecule has 138 valence electrons. The molecule has 2 unspecified atom stereocenters. The van der Waals surface area contributed by atoms with Gasteiger partial charge in [-0.3, -0.25) is 9.80 Å². The maximum Gasteiger partial charge on any atom is 0.0171 e. The quantitative estimate of drug-likeness (QED) is 0.667. The zero-order valence-electron chi connectivity index (χ0n) is 18.0. The minimum atomic E-state index is 0.202. The molecule has 0 N–H and O–H groups in total. The molecule has 1 aliphatic heterocycles. The van der Waals surface area contributed by atoms with Crippen molar-refractivity contribution in [1.29, 1.82) is 0 Å². The topological polar surface area (TPSA) is 6.48 Å². The minimum Gasteiger partial charge on any atom is -0.295 e. The average Bonchev–Trinajstić information content (AvgIpc) is 2.27. The van der Waals surface area contributed by atoms with Crippen LogP contribution < -0.4 is 0 Å². The van der Waals surface area contributed by atoms with E-state index in [1.165, 1.54) is 25.8 Å². The highest BCUT2D eigenvalue weighted by atomic mass is 15.3. The predicted octanol–water partition coefficient (Wildman–Crippen LogP) is 5.56. The van der Waals surface area contributed by atoms with Crippen molar-refractivity contribution in [3.63, 3.8) is 0 Å². The van der Waals surface area contributed by atoms with Gasteiger partial charge in [0.1, 0.15) is 0 Å². The molecule has 0 aromatic rings. The van der Waals surface area contributed by atoms with Crippen molar-refractivity contribution in [2.45, 2.75) is 124 Å². The van der Waals surface area contributed by atoms with Crippen molar-refractivity contribution in [2.24, 2.45) is 5.92 Å². The third kappa shape index (κ3) is 4.95. The summed E-state index contributed by atoms with van der Waals surface area (Å²) < 4.78 is 0. The Balaban J connectivity index is 3.20. The van der Waals surface area contributed by atoms with Crippen LogP contribution in [0.25, 0.3) is 0 Å². The van der Waals surface area contributed by atoms with Crippen molar-refractivity contribution in [1.82, 2.24) is 9.80 Å². The summed E-state index contributed by atoms with van der Waals surface area (Å²) in [6.45, 7) is 27.6. The van der Waals surface area contributed by atoms with E-state index in [2.05, 4.69) is 86.0 Å². The normalized spacial score (nSPS) is 27.0. The smallest absolute Gasteiger partial charge is 0.0171 e. The van der Waals surface area contributed by atoms with Gasteiger partial charge in [-0.25, -0.2) is 0 Å². The Kier molecular flexibility index (Phi) is 6.41. The van der Waals surface area contributed by atoms with Crippen molar-refractivity contribution in [3.05, 3.63) is 0 Å². The fraction of sp³-hybridized carbons (Fsp3) is 1.00. The third-order valence-electron chi connectivity index (χ3n) is 5.47. The van der Waals surface area contributed by atoms with Crippen molar-refractivity contribution >= 4 is 0 Å². The summed E-state index contributed by atoms with van der Waals surface area (Å²) in [7, 11) is 0. The Morgan fingerprint density at radius 3 is 1.87 bits per heavy atom. The molecule has 1 rings (SSSR count). The SMILES string of the molecule is CCCN1C(C(C)C)CC(N(C(C)(C)C)C(C)(C)C)CC1(C)C. The van der Waals surface area contributed by atoms with E-state index in [0.29, 0.717) is 18.0 Å². The molecule has 1 aliphatic rings. The van der Waals surface area contributed by atoms with Gasteiger partial charge in [0.15, 0.2) is 0 Å². The van der Waals surface area contributed by atoms with Gasteiger partial charge >= 0.3 is 0 Å². The summed E-state index contributed by atoms with van der Waals surface area (Å²) in [5.41, 5.74) is 0.684. The lowest BCUT2D eigenvalue weighted by molar-refractivity contribution is -0.0892. The second-order valence-electron chi connectivity index (χ2n) is 10.6. The lowest BCUT2D eigenvalue weighted by atomic mass is 9.76. The number of hydrogen-bond donors (Lipinski definition) is 0. The van der Waals surface area contributed by atoms with Gasteiger partial charge < -0.3 is 0 Å². The molecule has 2 nitrogen and oxygen atoms in total. The van der Waals surface area contributed by atoms with Gasteiger partial charge in [0.05, 0.1) is 0 Å². The Bertz CT molecular complexity index is 356. The summed E-state index contributed by atoms with van der Waals surface area (Å²) in [6.07, 6.45) is 3.82. The molecule has 0 saturated carbocycles. The largest absolute Gasteiger partial charge is 0.295 e. The number of nitrogens with zero attached hydrogens (tertiary/aromatic N) is 2. The molecule has 0 aromatic heterocycles. The van der Waals surface area contributed by atoms with E-state index in [1.54, 1.807) is 0 Å². The van der Waals surface area contributed by atoms with Crippen LogP contribution in [-0.4, -0.2) is 45.0 Å². The molecular formula is C21H44N2. The monoisotopic (exact) mass is 324 g/mol. The van der Waals surface area contributed by atoms with Gasteiger partial charge in [-0.1, -0.05) is 20.8 Å². The van der Waals surface area contributed by atoms with Crippen LogP contribution in [0.2, 0.25) is 0 Å². The molecule has 1 saturated heterocycles. The van der Waals surface area contributed by atoms with Gasteiger partial charge in [-0.2, -0.15) is 0 Å². The molecule has 0 bridgehead atoms. The van der Waals surface area contributed by atoms with Crippen LogP contribution in [0.15, 0.2) is 0 Å². The Labute approximate surface area is 147 Å². The first kappa shape index (κ1) is 21.0. The number of hydrogen-bond acceptors (Lipinski definition) is 2. The second-order valence-corrected chi connectivity index (χ2v) is 10.6. The van der Waals surface area contributed by atoms with E-state index in [0.717, 1.165) is 0 Å². The van der Waals surface area contributed by atoms with Crippen LogP contribution in [0.4, 0.5) is 0 Å². The van der Waals surface area contributed by atoms with E-state index in [-0.39, 0.29) is 16.6 Å². The fourth-order valence-corrected chi connectivity index (χ4v) is 5.27. The highest BCUT2D eigenvalue weighted by Crippen LogP contribution is 2.41. The summed E-state index contributed by atoms with van der Waals surface area (Å²) in [5, 5.41) is 0. The molecule has 2 atom stereocenters. The van der Waals surface area contributed by atoms with Crippen LogP contribution in [0.1, 0.15) is 95.4 Å². The molecule has 23 heavy (non-hydrogen) atoms.